The van der Waals surface area contributed by atoms with Crippen molar-refractivity contribution in [1.29, 1.82) is 0 Å². The van der Waals surface area contributed by atoms with Crippen molar-refractivity contribution in [1.82, 2.24) is 14.1 Å². The van der Waals surface area contributed by atoms with Gasteiger partial charge in [-0.05, 0) is 67.5 Å². The zero-order valence-corrected chi connectivity index (χ0v) is 19.7. The summed E-state index contributed by atoms with van der Waals surface area (Å²) in [5.74, 6) is -1.13. The van der Waals surface area contributed by atoms with Gasteiger partial charge in [0.25, 0.3) is 5.56 Å². The van der Waals surface area contributed by atoms with Crippen LogP contribution in [0.4, 0.5) is 8.78 Å². The molecule has 1 saturated carbocycles. The number of aliphatic hydroxyl groups is 1. The van der Waals surface area contributed by atoms with E-state index in [9.17, 15) is 18.7 Å². The summed E-state index contributed by atoms with van der Waals surface area (Å²) in [6.07, 6.45) is 7.94. The van der Waals surface area contributed by atoms with Crippen LogP contribution in [0.25, 0.3) is 5.69 Å². The Bertz CT molecular complexity index is 1450. The third-order valence-corrected chi connectivity index (χ3v) is 6.66. The van der Waals surface area contributed by atoms with Gasteiger partial charge in [-0.2, -0.15) is 0 Å². The SMILES string of the molecule is Cc1cn(-c2ccc(Cc3cc(C4CC4)cn([C@@H](CO)c4ccc(F)cc4F)c3=O)cc2C)cn1. The molecule has 1 atom stereocenters. The highest BCUT2D eigenvalue weighted by molar-refractivity contribution is 5.44. The van der Waals surface area contributed by atoms with Crippen LogP contribution in [0.2, 0.25) is 0 Å². The fourth-order valence-corrected chi connectivity index (χ4v) is 4.68. The predicted molar refractivity (Wildman–Crippen MR) is 130 cm³/mol. The molecule has 1 aliphatic carbocycles. The summed E-state index contributed by atoms with van der Waals surface area (Å²) < 4.78 is 31.4. The van der Waals surface area contributed by atoms with Crippen LogP contribution in [0.15, 0.2) is 66.0 Å². The van der Waals surface area contributed by atoms with E-state index in [-0.39, 0.29) is 11.1 Å². The Morgan fingerprint density at radius 2 is 1.89 bits per heavy atom. The lowest BCUT2D eigenvalue weighted by atomic mass is 9.99. The fourth-order valence-electron chi connectivity index (χ4n) is 4.68. The molecule has 35 heavy (non-hydrogen) atoms. The van der Waals surface area contributed by atoms with Crippen molar-refractivity contribution in [3.63, 3.8) is 0 Å². The number of imidazole rings is 1. The molecule has 1 aliphatic rings. The van der Waals surface area contributed by atoms with Gasteiger partial charge in [0, 0.05) is 41.7 Å². The quantitative estimate of drug-likeness (QED) is 0.410. The van der Waals surface area contributed by atoms with Gasteiger partial charge >= 0.3 is 0 Å². The van der Waals surface area contributed by atoms with Crippen LogP contribution in [-0.2, 0) is 6.42 Å². The molecule has 7 heteroatoms. The smallest absolute Gasteiger partial charge is 0.254 e. The van der Waals surface area contributed by atoms with Gasteiger partial charge in [-0.3, -0.25) is 4.79 Å². The molecule has 0 radical (unpaired) electrons. The Hall–Kier alpha value is -3.58. The lowest BCUT2D eigenvalue weighted by Gasteiger charge is -2.21. The molecule has 2 aromatic heterocycles. The van der Waals surface area contributed by atoms with Crippen molar-refractivity contribution in [3.05, 3.63) is 117 Å². The predicted octanol–water partition coefficient (Wildman–Crippen LogP) is 4.98. The molecular weight excluding hydrogens is 448 g/mol. The Kier molecular flexibility index (Phi) is 6.11. The molecule has 5 nitrogen and oxygen atoms in total. The largest absolute Gasteiger partial charge is 0.394 e. The maximum atomic E-state index is 14.6. The molecule has 0 saturated heterocycles. The summed E-state index contributed by atoms with van der Waals surface area (Å²) in [6, 6.07) is 10.3. The van der Waals surface area contributed by atoms with Gasteiger partial charge in [0.05, 0.1) is 24.7 Å². The molecule has 0 aliphatic heterocycles. The Morgan fingerprint density at radius 1 is 1.09 bits per heavy atom. The van der Waals surface area contributed by atoms with Crippen LogP contribution in [0.5, 0.6) is 0 Å². The Morgan fingerprint density at radius 3 is 2.51 bits per heavy atom. The van der Waals surface area contributed by atoms with Crippen LogP contribution in [0.3, 0.4) is 0 Å². The number of aryl methyl sites for hydroxylation is 2. The van der Waals surface area contributed by atoms with E-state index in [1.54, 1.807) is 12.5 Å². The molecule has 2 aromatic carbocycles. The molecule has 1 N–H and O–H groups in total. The van der Waals surface area contributed by atoms with E-state index >= 15 is 0 Å². The summed E-state index contributed by atoms with van der Waals surface area (Å²) in [6.45, 7) is 3.48. The highest BCUT2D eigenvalue weighted by Gasteiger charge is 2.27. The number of hydrogen-bond acceptors (Lipinski definition) is 3. The van der Waals surface area contributed by atoms with E-state index in [1.807, 2.05) is 42.8 Å². The molecule has 0 bridgehead atoms. The highest BCUT2D eigenvalue weighted by Crippen LogP contribution is 2.40. The first-order valence-electron chi connectivity index (χ1n) is 11.8. The number of benzene rings is 2. The van der Waals surface area contributed by atoms with Crippen LogP contribution in [-0.4, -0.2) is 25.8 Å². The van der Waals surface area contributed by atoms with E-state index in [1.165, 1.54) is 10.6 Å². The second-order valence-electron chi connectivity index (χ2n) is 9.37. The minimum absolute atomic E-state index is 0.0886. The number of pyridine rings is 1. The van der Waals surface area contributed by atoms with E-state index in [0.29, 0.717) is 17.9 Å². The van der Waals surface area contributed by atoms with Crippen LogP contribution in [0, 0.1) is 25.5 Å². The van der Waals surface area contributed by atoms with E-state index in [2.05, 4.69) is 11.1 Å². The first kappa shape index (κ1) is 23.2. The minimum atomic E-state index is -0.936. The molecule has 2 heterocycles. The first-order chi connectivity index (χ1) is 16.8. The molecule has 180 valence electrons. The first-order valence-corrected chi connectivity index (χ1v) is 11.8. The minimum Gasteiger partial charge on any atom is -0.394 e. The Labute approximate surface area is 202 Å². The average molecular weight is 476 g/mol. The maximum absolute atomic E-state index is 14.6. The van der Waals surface area contributed by atoms with Gasteiger partial charge in [-0.1, -0.05) is 18.2 Å². The number of aromatic nitrogens is 3. The summed E-state index contributed by atoms with van der Waals surface area (Å²) >= 11 is 0. The van der Waals surface area contributed by atoms with Gasteiger partial charge in [-0.15, -0.1) is 0 Å². The number of halogens is 2. The summed E-state index contributed by atoms with van der Waals surface area (Å²) in [5.41, 5.74) is 5.37. The van der Waals surface area contributed by atoms with Crippen molar-refractivity contribution in [2.75, 3.05) is 6.61 Å². The molecule has 4 aromatic rings. The zero-order valence-electron chi connectivity index (χ0n) is 19.7. The molecule has 0 amide bonds. The maximum Gasteiger partial charge on any atom is 0.254 e. The average Bonchev–Trinajstić information content (AvgIpc) is 3.58. The van der Waals surface area contributed by atoms with Gasteiger partial charge in [0.1, 0.15) is 11.6 Å². The Balaban J connectivity index is 1.53. The van der Waals surface area contributed by atoms with Gasteiger partial charge in [0.2, 0.25) is 0 Å². The lowest BCUT2D eigenvalue weighted by molar-refractivity contribution is 0.243. The van der Waals surface area contributed by atoms with Crippen LogP contribution in [0.1, 0.15) is 58.3 Å². The van der Waals surface area contributed by atoms with Crippen molar-refractivity contribution in [2.24, 2.45) is 0 Å². The number of aliphatic hydroxyl groups excluding tert-OH is 1. The van der Waals surface area contributed by atoms with Crippen molar-refractivity contribution in [3.8, 4) is 5.69 Å². The second-order valence-corrected chi connectivity index (χ2v) is 9.37. The molecular formula is C28H27F2N3O2. The third kappa shape index (κ3) is 4.68. The van der Waals surface area contributed by atoms with Crippen LogP contribution < -0.4 is 5.56 Å². The van der Waals surface area contributed by atoms with Crippen molar-refractivity contribution < 1.29 is 13.9 Å². The standard InChI is InChI=1S/C28H27F2N3O2/c1-17-9-19(3-8-26(17)32-13-18(2)31-16-32)10-21-11-22(20-4-5-20)14-33(28(21)35)27(15-34)24-7-6-23(29)12-25(24)30/h3,6-9,11-14,16,20,27,34H,4-5,10,15H2,1-2H3/t27-/m0/s1. The number of hydrogen-bond donors (Lipinski definition) is 1. The molecule has 0 unspecified atom stereocenters. The van der Waals surface area contributed by atoms with Gasteiger partial charge < -0.3 is 14.2 Å². The monoisotopic (exact) mass is 475 g/mol. The van der Waals surface area contributed by atoms with Crippen molar-refractivity contribution in [2.45, 2.75) is 45.1 Å². The fraction of sp³-hybridized carbons (Fsp3) is 0.286. The highest BCUT2D eigenvalue weighted by atomic mass is 19.1. The number of rotatable bonds is 7. The van der Waals surface area contributed by atoms with E-state index < -0.39 is 24.3 Å². The van der Waals surface area contributed by atoms with E-state index in [4.69, 9.17) is 0 Å². The summed E-state index contributed by atoms with van der Waals surface area (Å²) in [4.78, 5) is 17.8. The molecule has 5 rings (SSSR count). The topological polar surface area (TPSA) is 60.0 Å². The summed E-state index contributed by atoms with van der Waals surface area (Å²) in [5, 5.41) is 10.1. The lowest BCUT2D eigenvalue weighted by Crippen LogP contribution is -2.31. The van der Waals surface area contributed by atoms with Gasteiger partial charge in [-0.25, -0.2) is 13.8 Å². The van der Waals surface area contributed by atoms with E-state index in [0.717, 1.165) is 53.0 Å². The number of nitrogens with zero attached hydrogens (tertiary/aromatic N) is 3. The third-order valence-electron chi connectivity index (χ3n) is 6.66. The molecule has 0 spiro atoms. The van der Waals surface area contributed by atoms with Crippen molar-refractivity contribution >= 4 is 0 Å². The summed E-state index contributed by atoms with van der Waals surface area (Å²) in [7, 11) is 0. The second kappa shape index (κ2) is 9.23. The normalized spacial score (nSPS) is 14.3. The zero-order chi connectivity index (χ0) is 24.7. The van der Waals surface area contributed by atoms with Gasteiger partial charge in [0.15, 0.2) is 0 Å². The molecule has 1 fully saturated rings. The van der Waals surface area contributed by atoms with Crippen LogP contribution >= 0.6 is 0 Å².